The van der Waals surface area contributed by atoms with Crippen molar-refractivity contribution in [2.75, 3.05) is 19.8 Å². The standard InChI is InChI=1S/C28H30O4/c1-20(2)28(30)32-18-17-31-27-19-25(15-14-24(27)8-6-16-29)22-10-12-23(13-11-22)26-9-5-4-7-21(26)3/h4-5,7,9-15,19,29H,1,6,8,16-18H2,2-3H3. The van der Waals surface area contributed by atoms with Crippen molar-refractivity contribution in [3.63, 3.8) is 0 Å². The van der Waals surface area contributed by atoms with Crippen molar-refractivity contribution >= 4 is 5.97 Å². The second-order valence-electron chi connectivity index (χ2n) is 7.81. The Labute approximate surface area is 190 Å². The number of aryl methyl sites for hydroxylation is 2. The molecule has 32 heavy (non-hydrogen) atoms. The molecule has 0 aromatic heterocycles. The van der Waals surface area contributed by atoms with Crippen LogP contribution in [0.4, 0.5) is 0 Å². The highest BCUT2D eigenvalue weighted by atomic mass is 16.6. The summed E-state index contributed by atoms with van der Waals surface area (Å²) in [6.07, 6.45) is 1.37. The fraction of sp³-hybridized carbons (Fsp3) is 0.250. The van der Waals surface area contributed by atoms with Gasteiger partial charge in [-0.15, -0.1) is 0 Å². The Morgan fingerprint density at radius 2 is 1.62 bits per heavy atom. The molecule has 0 radical (unpaired) electrons. The molecule has 0 aliphatic carbocycles. The Balaban J connectivity index is 1.77. The van der Waals surface area contributed by atoms with Gasteiger partial charge in [-0.1, -0.05) is 67.2 Å². The largest absolute Gasteiger partial charge is 0.490 e. The molecule has 3 aromatic carbocycles. The highest BCUT2D eigenvalue weighted by Crippen LogP contribution is 2.31. The molecule has 166 valence electrons. The van der Waals surface area contributed by atoms with Gasteiger partial charge in [0.2, 0.25) is 0 Å². The number of rotatable bonds is 10. The molecular weight excluding hydrogens is 400 g/mol. The molecular formula is C28H30O4. The number of hydrogen-bond acceptors (Lipinski definition) is 4. The van der Waals surface area contributed by atoms with Crippen molar-refractivity contribution in [3.8, 4) is 28.0 Å². The van der Waals surface area contributed by atoms with E-state index in [1.54, 1.807) is 6.92 Å². The molecule has 3 aromatic rings. The van der Waals surface area contributed by atoms with Crippen LogP contribution < -0.4 is 4.74 Å². The number of carbonyl (C=O) groups is 1. The van der Waals surface area contributed by atoms with Crippen LogP contribution in [0.15, 0.2) is 78.9 Å². The van der Waals surface area contributed by atoms with Crippen molar-refractivity contribution in [2.45, 2.75) is 26.7 Å². The molecule has 4 heteroatoms. The fourth-order valence-electron chi connectivity index (χ4n) is 3.49. The predicted molar refractivity (Wildman–Crippen MR) is 129 cm³/mol. The second kappa shape index (κ2) is 11.3. The van der Waals surface area contributed by atoms with E-state index in [1.807, 2.05) is 18.2 Å². The summed E-state index contributed by atoms with van der Waals surface area (Å²) in [6.45, 7) is 7.83. The van der Waals surface area contributed by atoms with Crippen molar-refractivity contribution < 1.29 is 19.4 Å². The van der Waals surface area contributed by atoms with Gasteiger partial charge < -0.3 is 14.6 Å². The van der Waals surface area contributed by atoms with E-state index in [2.05, 4.69) is 62.0 Å². The maximum atomic E-state index is 11.5. The number of hydrogen-bond donors (Lipinski definition) is 1. The molecule has 4 nitrogen and oxygen atoms in total. The second-order valence-corrected chi connectivity index (χ2v) is 7.81. The first-order chi connectivity index (χ1) is 15.5. The zero-order valence-corrected chi connectivity index (χ0v) is 18.8. The first-order valence-corrected chi connectivity index (χ1v) is 10.8. The van der Waals surface area contributed by atoms with E-state index < -0.39 is 5.97 Å². The van der Waals surface area contributed by atoms with E-state index in [0.29, 0.717) is 18.4 Å². The van der Waals surface area contributed by atoms with Gasteiger partial charge >= 0.3 is 5.97 Å². The number of benzene rings is 3. The van der Waals surface area contributed by atoms with Crippen molar-refractivity contribution in [3.05, 3.63) is 90.0 Å². The maximum absolute atomic E-state index is 11.5. The SMILES string of the molecule is C=C(C)C(=O)OCCOc1cc(-c2ccc(-c3ccccc3C)cc2)ccc1CCCO. The van der Waals surface area contributed by atoms with Gasteiger partial charge in [-0.3, -0.25) is 0 Å². The van der Waals surface area contributed by atoms with E-state index in [1.165, 1.54) is 16.7 Å². The van der Waals surface area contributed by atoms with Gasteiger partial charge in [-0.25, -0.2) is 4.79 Å². The van der Waals surface area contributed by atoms with E-state index in [9.17, 15) is 9.90 Å². The summed E-state index contributed by atoms with van der Waals surface area (Å²) in [5.41, 5.74) is 7.18. The molecule has 0 fully saturated rings. The summed E-state index contributed by atoms with van der Waals surface area (Å²) in [6, 6.07) is 23.0. The van der Waals surface area contributed by atoms with Gasteiger partial charge in [0.15, 0.2) is 0 Å². The lowest BCUT2D eigenvalue weighted by Gasteiger charge is -2.14. The third-order valence-electron chi connectivity index (χ3n) is 5.27. The summed E-state index contributed by atoms with van der Waals surface area (Å²) >= 11 is 0. The smallest absolute Gasteiger partial charge is 0.333 e. The van der Waals surface area contributed by atoms with E-state index in [4.69, 9.17) is 9.47 Å². The Morgan fingerprint density at radius 1 is 0.938 bits per heavy atom. The van der Waals surface area contributed by atoms with Crippen LogP contribution in [0.2, 0.25) is 0 Å². The van der Waals surface area contributed by atoms with Gasteiger partial charge in [-0.05, 0) is 66.1 Å². The lowest BCUT2D eigenvalue weighted by atomic mass is 9.96. The summed E-state index contributed by atoms with van der Waals surface area (Å²) in [5.74, 6) is 0.321. The molecule has 0 aliphatic heterocycles. The van der Waals surface area contributed by atoms with Crippen molar-refractivity contribution in [1.29, 1.82) is 0 Å². The van der Waals surface area contributed by atoms with Crippen LogP contribution in [0.5, 0.6) is 5.75 Å². The summed E-state index contributed by atoms with van der Waals surface area (Å²) in [5, 5.41) is 9.21. The fourth-order valence-corrected chi connectivity index (χ4v) is 3.49. The highest BCUT2D eigenvalue weighted by molar-refractivity contribution is 5.86. The molecule has 0 amide bonds. The Bertz CT molecular complexity index is 1070. The monoisotopic (exact) mass is 430 g/mol. The number of aliphatic hydroxyl groups is 1. The minimum Gasteiger partial charge on any atom is -0.490 e. The van der Waals surface area contributed by atoms with Crippen LogP contribution in [0.3, 0.4) is 0 Å². The average Bonchev–Trinajstić information content (AvgIpc) is 2.81. The summed E-state index contributed by atoms with van der Waals surface area (Å²) < 4.78 is 11.1. The van der Waals surface area contributed by atoms with Crippen molar-refractivity contribution in [2.24, 2.45) is 0 Å². The Hall–Kier alpha value is -3.37. The van der Waals surface area contributed by atoms with Crippen LogP contribution in [-0.4, -0.2) is 30.9 Å². The third kappa shape index (κ3) is 6.08. The van der Waals surface area contributed by atoms with Crippen LogP contribution in [-0.2, 0) is 16.0 Å². The first kappa shape index (κ1) is 23.3. The van der Waals surface area contributed by atoms with Crippen LogP contribution in [0.25, 0.3) is 22.3 Å². The quantitative estimate of drug-likeness (QED) is 0.253. The van der Waals surface area contributed by atoms with Gasteiger partial charge in [0, 0.05) is 12.2 Å². The molecule has 0 bridgehead atoms. The molecule has 1 N–H and O–H groups in total. The van der Waals surface area contributed by atoms with Gasteiger partial charge in [-0.2, -0.15) is 0 Å². The van der Waals surface area contributed by atoms with Gasteiger partial charge in [0.05, 0.1) is 0 Å². The highest BCUT2D eigenvalue weighted by Gasteiger charge is 2.09. The molecule has 0 atom stereocenters. The van der Waals surface area contributed by atoms with Crippen LogP contribution in [0.1, 0.15) is 24.5 Å². The molecule has 0 saturated carbocycles. The summed E-state index contributed by atoms with van der Waals surface area (Å²) in [4.78, 5) is 11.5. The molecule has 3 rings (SSSR count). The molecule has 0 saturated heterocycles. The van der Waals surface area contributed by atoms with Gasteiger partial charge in [0.1, 0.15) is 19.0 Å². The molecule has 0 spiro atoms. The Kier molecular flexibility index (Phi) is 8.23. The minimum atomic E-state index is -0.420. The first-order valence-electron chi connectivity index (χ1n) is 10.8. The Morgan fingerprint density at radius 3 is 2.31 bits per heavy atom. The van der Waals surface area contributed by atoms with Gasteiger partial charge in [0.25, 0.3) is 0 Å². The van der Waals surface area contributed by atoms with E-state index >= 15 is 0 Å². The predicted octanol–water partition coefficient (Wildman–Crippen LogP) is 5.75. The topological polar surface area (TPSA) is 55.8 Å². The lowest BCUT2D eigenvalue weighted by Crippen LogP contribution is -2.13. The van der Waals surface area contributed by atoms with Crippen molar-refractivity contribution in [1.82, 2.24) is 0 Å². The zero-order chi connectivity index (χ0) is 22.9. The number of ether oxygens (including phenoxy) is 2. The van der Waals surface area contributed by atoms with E-state index in [0.717, 1.165) is 22.4 Å². The van der Waals surface area contributed by atoms with Crippen LogP contribution in [0, 0.1) is 6.92 Å². The zero-order valence-electron chi connectivity index (χ0n) is 18.8. The number of esters is 1. The molecule has 0 aliphatic rings. The summed E-state index contributed by atoms with van der Waals surface area (Å²) in [7, 11) is 0. The normalized spacial score (nSPS) is 10.6. The lowest BCUT2D eigenvalue weighted by molar-refractivity contribution is -0.139. The van der Waals surface area contributed by atoms with Crippen LogP contribution >= 0.6 is 0 Å². The van der Waals surface area contributed by atoms with E-state index in [-0.39, 0.29) is 19.8 Å². The minimum absolute atomic E-state index is 0.123. The average molecular weight is 431 g/mol. The molecule has 0 unspecified atom stereocenters. The third-order valence-corrected chi connectivity index (χ3v) is 5.27. The maximum Gasteiger partial charge on any atom is 0.333 e. The molecule has 0 heterocycles. The number of carbonyl (C=O) groups excluding carboxylic acids is 1. The number of aliphatic hydroxyl groups excluding tert-OH is 1.